The van der Waals surface area contributed by atoms with Gasteiger partial charge in [0.05, 0.1) is 25.2 Å². The molecule has 0 saturated heterocycles. The van der Waals surface area contributed by atoms with Crippen molar-refractivity contribution in [3.63, 3.8) is 0 Å². The van der Waals surface area contributed by atoms with Crippen molar-refractivity contribution in [1.29, 1.82) is 0 Å². The molecular formula is C33H54O8P2. The number of rotatable bonds is 10. The summed E-state index contributed by atoms with van der Waals surface area (Å²) >= 11 is 0. The van der Waals surface area contributed by atoms with Crippen LogP contribution >= 0.6 is 17.2 Å². The highest BCUT2D eigenvalue weighted by molar-refractivity contribution is 7.39. The summed E-state index contributed by atoms with van der Waals surface area (Å²) in [5, 5.41) is 22.4. The smallest absolute Gasteiger partial charge is 0.328 e. The molecule has 0 spiro atoms. The minimum absolute atomic E-state index is 0.217. The van der Waals surface area contributed by atoms with Crippen LogP contribution in [0.25, 0.3) is 0 Å². The van der Waals surface area contributed by atoms with E-state index in [1.54, 1.807) is 0 Å². The predicted molar refractivity (Wildman–Crippen MR) is 175 cm³/mol. The molecule has 2 aromatic rings. The van der Waals surface area contributed by atoms with Gasteiger partial charge in [-0.2, -0.15) is 0 Å². The van der Waals surface area contributed by atoms with Crippen molar-refractivity contribution >= 4 is 17.2 Å². The van der Waals surface area contributed by atoms with Crippen LogP contribution in [0.5, 0.6) is 0 Å². The molecule has 10 heteroatoms. The average Bonchev–Trinajstić information content (AvgIpc) is 2.85. The van der Waals surface area contributed by atoms with Crippen molar-refractivity contribution < 1.29 is 38.8 Å². The van der Waals surface area contributed by atoms with Crippen LogP contribution in [-0.2, 0) is 36.3 Å². The molecule has 0 atom stereocenters. The van der Waals surface area contributed by atoms with E-state index >= 15 is 0 Å². The molecule has 0 bridgehead atoms. The van der Waals surface area contributed by atoms with E-state index in [9.17, 15) is 29.8 Å². The Labute approximate surface area is 261 Å². The van der Waals surface area contributed by atoms with Gasteiger partial charge in [0.1, 0.15) is 5.60 Å². The second kappa shape index (κ2) is 13.4. The van der Waals surface area contributed by atoms with E-state index in [1.165, 1.54) is 0 Å². The molecule has 6 N–H and O–H groups in total. The van der Waals surface area contributed by atoms with Crippen LogP contribution in [0.3, 0.4) is 0 Å². The van der Waals surface area contributed by atoms with E-state index in [4.69, 9.17) is 9.05 Å². The normalized spacial score (nSPS) is 14.2. The van der Waals surface area contributed by atoms with Gasteiger partial charge in [0, 0.05) is 0 Å². The molecule has 244 valence electrons. The Morgan fingerprint density at radius 3 is 1.16 bits per heavy atom. The molecule has 0 aliphatic carbocycles. The highest BCUT2D eigenvalue weighted by Gasteiger charge is 2.59. The maximum absolute atomic E-state index is 11.2. The molecule has 0 aromatic heterocycles. The highest BCUT2D eigenvalue weighted by Crippen LogP contribution is 2.58. The summed E-state index contributed by atoms with van der Waals surface area (Å²) in [4.78, 5) is 41.0. The third-order valence-electron chi connectivity index (χ3n) is 8.17. The van der Waals surface area contributed by atoms with Gasteiger partial charge in [-0.05, 0) is 55.0 Å². The van der Waals surface area contributed by atoms with Crippen LogP contribution < -0.4 is 0 Å². The molecule has 0 aliphatic heterocycles. The third-order valence-corrected chi connectivity index (χ3v) is 8.97. The van der Waals surface area contributed by atoms with Crippen molar-refractivity contribution in [3.05, 3.63) is 69.8 Å². The first kappa shape index (κ1) is 38.2. The standard InChI is InChI=1S/C33H54O8P2/c1-28(2,3)22-13-15-24(26(17-22)30(7,8)9)33(41-43(38)39,32(19-34,20-35)21-40-42(36)37)25-16-14-23(29(4,5)6)18-27(25)31(10,11)12/h13-18,34-39H,19-21H2,1-12H3. The van der Waals surface area contributed by atoms with E-state index in [0.717, 1.165) is 22.3 Å². The Morgan fingerprint density at radius 2 is 0.907 bits per heavy atom. The maximum Gasteiger partial charge on any atom is 0.328 e. The molecule has 0 aliphatic rings. The number of aliphatic hydroxyl groups excluding tert-OH is 2. The molecule has 2 rings (SSSR count). The molecule has 0 heterocycles. The van der Waals surface area contributed by atoms with E-state index in [1.807, 2.05) is 65.8 Å². The number of aliphatic hydroxyl groups is 2. The minimum atomic E-state index is -3.09. The van der Waals surface area contributed by atoms with E-state index in [0.29, 0.717) is 11.1 Å². The van der Waals surface area contributed by atoms with Crippen molar-refractivity contribution in [3.8, 4) is 0 Å². The summed E-state index contributed by atoms with van der Waals surface area (Å²) in [5.41, 5.74) is -0.496. The second-order valence-corrected chi connectivity index (χ2v) is 17.1. The lowest BCUT2D eigenvalue weighted by Crippen LogP contribution is -2.56. The van der Waals surface area contributed by atoms with Crippen molar-refractivity contribution in [2.24, 2.45) is 5.41 Å². The fraction of sp³-hybridized carbons (Fsp3) is 0.636. The largest absolute Gasteiger partial charge is 0.395 e. The molecule has 0 amide bonds. The first-order chi connectivity index (χ1) is 19.4. The maximum atomic E-state index is 11.2. The van der Waals surface area contributed by atoms with Crippen LogP contribution in [0.2, 0.25) is 0 Å². The summed E-state index contributed by atoms with van der Waals surface area (Å²) in [6.07, 6.45) is 0. The molecule has 0 unspecified atom stereocenters. The number of hydrogen-bond acceptors (Lipinski definition) is 8. The molecule has 0 radical (unpaired) electrons. The average molecular weight is 641 g/mol. The topological polar surface area (TPSA) is 140 Å². The fourth-order valence-electron chi connectivity index (χ4n) is 5.56. The monoisotopic (exact) mass is 640 g/mol. The molecule has 2 aromatic carbocycles. The fourth-order valence-corrected chi connectivity index (χ4v) is 6.56. The Balaban J connectivity index is 3.40. The Hall–Kier alpha value is -1.02. The first-order valence-corrected chi connectivity index (χ1v) is 16.9. The molecule has 43 heavy (non-hydrogen) atoms. The SMILES string of the molecule is CC(C)(C)c1ccc(C(OP(O)O)(c2ccc(C(C)(C)C)cc2C(C)(C)C)C(CO)(CO)COP(O)O)c(C(C)(C)C)c1. The van der Waals surface area contributed by atoms with E-state index in [-0.39, 0.29) is 10.8 Å². The van der Waals surface area contributed by atoms with E-state index in [2.05, 4.69) is 53.7 Å². The number of benzene rings is 2. The molecule has 0 fully saturated rings. The number of hydrogen-bond donors (Lipinski definition) is 6. The zero-order valence-corrected chi connectivity index (χ0v) is 29.8. The summed E-state index contributed by atoms with van der Waals surface area (Å²) in [6, 6.07) is 11.8. The van der Waals surface area contributed by atoms with Gasteiger partial charge in [0.2, 0.25) is 0 Å². The second-order valence-electron chi connectivity index (χ2n) is 15.7. The van der Waals surface area contributed by atoms with Crippen molar-refractivity contribution in [2.75, 3.05) is 19.8 Å². The zero-order chi connectivity index (χ0) is 33.4. The van der Waals surface area contributed by atoms with Gasteiger partial charge in [-0.3, -0.25) is 4.52 Å². The van der Waals surface area contributed by atoms with Gasteiger partial charge in [-0.1, -0.05) is 119 Å². The molecule has 8 nitrogen and oxygen atoms in total. The Kier molecular flexibility index (Phi) is 11.9. The summed E-state index contributed by atoms with van der Waals surface area (Å²) in [6.45, 7) is 22.8. The van der Waals surface area contributed by atoms with Gasteiger partial charge in [-0.15, -0.1) is 0 Å². The highest BCUT2D eigenvalue weighted by atomic mass is 31.2. The quantitative estimate of drug-likeness (QED) is 0.161. The van der Waals surface area contributed by atoms with Crippen LogP contribution in [0.4, 0.5) is 0 Å². The molecule has 0 saturated carbocycles. The summed E-state index contributed by atoms with van der Waals surface area (Å²) < 4.78 is 11.7. The lowest BCUT2D eigenvalue weighted by atomic mass is 9.60. The van der Waals surface area contributed by atoms with Gasteiger partial charge >= 0.3 is 17.2 Å². The lowest BCUT2D eigenvalue weighted by molar-refractivity contribution is -0.122. The van der Waals surface area contributed by atoms with Gasteiger partial charge in [0.25, 0.3) is 0 Å². The zero-order valence-electron chi connectivity index (χ0n) is 28.0. The third kappa shape index (κ3) is 8.23. The summed E-state index contributed by atoms with van der Waals surface area (Å²) in [5.74, 6) is 0. The van der Waals surface area contributed by atoms with Crippen LogP contribution in [0.1, 0.15) is 116 Å². The Morgan fingerprint density at radius 1 is 0.535 bits per heavy atom. The summed E-state index contributed by atoms with van der Waals surface area (Å²) in [7, 11) is -5.97. The van der Waals surface area contributed by atoms with Crippen LogP contribution in [0, 0.1) is 5.41 Å². The minimum Gasteiger partial charge on any atom is -0.395 e. The van der Waals surface area contributed by atoms with Crippen LogP contribution in [-0.4, -0.2) is 49.6 Å². The Bertz CT molecular complexity index is 1150. The molecular weight excluding hydrogens is 586 g/mol. The van der Waals surface area contributed by atoms with Crippen molar-refractivity contribution in [2.45, 2.75) is 110 Å². The van der Waals surface area contributed by atoms with E-state index < -0.39 is 58.9 Å². The first-order valence-electron chi connectivity index (χ1n) is 14.6. The van der Waals surface area contributed by atoms with Crippen molar-refractivity contribution in [1.82, 2.24) is 0 Å². The van der Waals surface area contributed by atoms with Gasteiger partial charge < -0.3 is 34.3 Å². The predicted octanol–water partition coefficient (Wildman–Crippen LogP) is 6.55. The lowest BCUT2D eigenvalue weighted by Gasteiger charge is -2.51. The van der Waals surface area contributed by atoms with Gasteiger partial charge in [0.15, 0.2) is 0 Å². The van der Waals surface area contributed by atoms with Gasteiger partial charge in [-0.25, -0.2) is 0 Å². The van der Waals surface area contributed by atoms with Crippen LogP contribution in [0.15, 0.2) is 36.4 Å².